The van der Waals surface area contributed by atoms with Gasteiger partial charge in [0.15, 0.2) is 5.75 Å². The molecule has 0 saturated carbocycles. The molecule has 0 amide bonds. The molecule has 116 valence electrons. The van der Waals surface area contributed by atoms with Crippen LogP contribution in [0.4, 0.5) is 0 Å². The van der Waals surface area contributed by atoms with E-state index >= 15 is 0 Å². The van der Waals surface area contributed by atoms with Gasteiger partial charge in [-0.3, -0.25) is 0 Å². The third-order valence-electron chi connectivity index (χ3n) is 2.86. The lowest BCUT2D eigenvalue weighted by Gasteiger charge is -2.09. The van der Waals surface area contributed by atoms with E-state index in [1.54, 1.807) is 12.1 Å². The van der Waals surface area contributed by atoms with E-state index in [0.717, 1.165) is 5.56 Å². The fourth-order valence-corrected chi connectivity index (χ4v) is 2.90. The maximum Gasteiger partial charge on any atom is 0.339 e. The second-order valence-electron chi connectivity index (χ2n) is 4.49. The summed E-state index contributed by atoms with van der Waals surface area (Å²) in [7, 11) is -2.75. The summed E-state index contributed by atoms with van der Waals surface area (Å²) in [6.07, 6.45) is 0. The van der Waals surface area contributed by atoms with E-state index in [0.29, 0.717) is 0 Å². The zero-order valence-electron chi connectivity index (χ0n) is 11.9. The van der Waals surface area contributed by atoms with Crippen molar-refractivity contribution in [3.05, 3.63) is 58.6 Å². The second-order valence-corrected chi connectivity index (χ2v) is 6.44. The number of carbonyl (C=O) groups excluding carboxylic acids is 1. The van der Waals surface area contributed by atoms with Crippen LogP contribution in [-0.4, -0.2) is 21.5 Å². The van der Waals surface area contributed by atoms with Gasteiger partial charge in [-0.2, -0.15) is 8.42 Å². The molecule has 0 radical (unpaired) electrons. The third-order valence-corrected chi connectivity index (χ3v) is 4.41. The molecule has 7 heteroatoms. The topological polar surface area (TPSA) is 69.7 Å². The Hall–Kier alpha value is -2.05. The maximum atomic E-state index is 12.2. The van der Waals surface area contributed by atoms with Gasteiger partial charge in [-0.05, 0) is 37.3 Å². The monoisotopic (exact) mass is 340 g/mol. The average molecular weight is 341 g/mol. The molecule has 0 atom stereocenters. The molecule has 0 fully saturated rings. The highest BCUT2D eigenvalue weighted by atomic mass is 35.5. The van der Waals surface area contributed by atoms with Crippen molar-refractivity contribution >= 4 is 27.7 Å². The number of ether oxygens (including phenoxy) is 1. The zero-order valence-corrected chi connectivity index (χ0v) is 13.4. The van der Waals surface area contributed by atoms with Crippen LogP contribution in [0.5, 0.6) is 5.75 Å². The quantitative estimate of drug-likeness (QED) is 0.631. The Kier molecular flexibility index (Phi) is 4.73. The molecule has 2 aromatic rings. The second kappa shape index (κ2) is 6.37. The first kappa shape index (κ1) is 16.3. The van der Waals surface area contributed by atoms with Crippen LogP contribution in [0.1, 0.15) is 15.9 Å². The first-order chi connectivity index (χ1) is 10.3. The van der Waals surface area contributed by atoms with Gasteiger partial charge in [0.2, 0.25) is 0 Å². The molecule has 0 heterocycles. The Balaban J connectivity index is 2.30. The normalized spacial score (nSPS) is 11.0. The number of aryl methyl sites for hydroxylation is 1. The lowest BCUT2D eigenvalue weighted by Crippen LogP contribution is -2.10. The van der Waals surface area contributed by atoms with Gasteiger partial charge in [0.1, 0.15) is 4.90 Å². The molecule has 2 rings (SSSR count). The average Bonchev–Trinajstić information content (AvgIpc) is 2.48. The van der Waals surface area contributed by atoms with Crippen LogP contribution in [0.25, 0.3) is 0 Å². The van der Waals surface area contributed by atoms with Crippen molar-refractivity contribution in [1.82, 2.24) is 0 Å². The summed E-state index contributed by atoms with van der Waals surface area (Å²) in [5, 5.41) is -0.00131. The lowest BCUT2D eigenvalue weighted by molar-refractivity contribution is 0.0600. The molecule has 5 nitrogen and oxygen atoms in total. The number of halogens is 1. The fraction of sp³-hybridized carbons (Fsp3) is 0.133. The van der Waals surface area contributed by atoms with Crippen molar-refractivity contribution in [2.45, 2.75) is 11.8 Å². The van der Waals surface area contributed by atoms with Crippen LogP contribution in [-0.2, 0) is 14.9 Å². The summed E-state index contributed by atoms with van der Waals surface area (Å²) in [5.74, 6) is -0.635. The molecule has 0 aromatic heterocycles. The van der Waals surface area contributed by atoms with E-state index in [4.69, 9.17) is 15.8 Å². The summed E-state index contributed by atoms with van der Waals surface area (Å²) in [6.45, 7) is 1.85. The Morgan fingerprint density at radius 1 is 1.09 bits per heavy atom. The van der Waals surface area contributed by atoms with Crippen molar-refractivity contribution in [2.24, 2.45) is 0 Å². The maximum absolute atomic E-state index is 12.2. The Morgan fingerprint density at radius 2 is 1.73 bits per heavy atom. The van der Waals surface area contributed by atoms with Gasteiger partial charge in [-0.15, -0.1) is 0 Å². The van der Waals surface area contributed by atoms with Gasteiger partial charge in [-0.25, -0.2) is 4.79 Å². The van der Waals surface area contributed by atoms with Crippen LogP contribution in [0.3, 0.4) is 0 Å². The summed E-state index contributed by atoms with van der Waals surface area (Å²) in [6, 6.07) is 10.2. The van der Waals surface area contributed by atoms with Gasteiger partial charge in [-0.1, -0.05) is 29.3 Å². The van der Waals surface area contributed by atoms with E-state index < -0.39 is 16.1 Å². The highest BCUT2D eigenvalue weighted by Crippen LogP contribution is 2.28. The molecular formula is C15H13ClO5S. The fourth-order valence-electron chi connectivity index (χ4n) is 1.68. The van der Waals surface area contributed by atoms with E-state index in [-0.39, 0.29) is 21.2 Å². The Morgan fingerprint density at radius 3 is 2.27 bits per heavy atom. The third kappa shape index (κ3) is 3.58. The molecule has 22 heavy (non-hydrogen) atoms. The number of carbonyl (C=O) groups is 1. The Labute approximate surface area is 133 Å². The predicted octanol–water partition coefficient (Wildman–Crippen LogP) is 3.20. The van der Waals surface area contributed by atoms with E-state index in [1.165, 1.54) is 37.4 Å². The van der Waals surface area contributed by atoms with Crippen LogP contribution >= 0.6 is 11.6 Å². The van der Waals surface area contributed by atoms with Gasteiger partial charge in [0, 0.05) is 0 Å². The summed E-state index contributed by atoms with van der Waals surface area (Å²) >= 11 is 5.95. The number of benzene rings is 2. The van der Waals surface area contributed by atoms with E-state index in [9.17, 15) is 13.2 Å². The van der Waals surface area contributed by atoms with Gasteiger partial charge >= 0.3 is 16.1 Å². The highest BCUT2D eigenvalue weighted by molar-refractivity contribution is 7.87. The first-order valence-corrected chi connectivity index (χ1v) is 8.01. The van der Waals surface area contributed by atoms with Crippen LogP contribution in [0.15, 0.2) is 47.4 Å². The molecule has 0 aliphatic rings. The number of rotatable bonds is 4. The number of hydrogen-bond acceptors (Lipinski definition) is 5. The first-order valence-electron chi connectivity index (χ1n) is 6.22. The van der Waals surface area contributed by atoms with Crippen molar-refractivity contribution in [2.75, 3.05) is 7.11 Å². The SMILES string of the molecule is COC(=O)c1ccc(OS(=O)(=O)c2ccc(C)cc2)c(Cl)c1. The molecule has 0 saturated heterocycles. The minimum absolute atomic E-state index is 0.00131. The number of methoxy groups -OCH3 is 1. The highest BCUT2D eigenvalue weighted by Gasteiger charge is 2.19. The van der Waals surface area contributed by atoms with Crippen LogP contribution in [0, 0.1) is 6.92 Å². The van der Waals surface area contributed by atoms with Crippen LogP contribution < -0.4 is 4.18 Å². The molecule has 2 aromatic carbocycles. The number of esters is 1. The molecule has 0 bridgehead atoms. The lowest BCUT2D eigenvalue weighted by atomic mass is 10.2. The van der Waals surface area contributed by atoms with E-state index in [1.807, 2.05) is 6.92 Å². The van der Waals surface area contributed by atoms with Gasteiger partial charge < -0.3 is 8.92 Å². The predicted molar refractivity (Wildman–Crippen MR) is 81.8 cm³/mol. The summed E-state index contributed by atoms with van der Waals surface area (Å²) < 4.78 is 33.9. The summed E-state index contributed by atoms with van der Waals surface area (Å²) in [4.78, 5) is 11.4. The largest absolute Gasteiger partial charge is 0.465 e. The van der Waals surface area contributed by atoms with Crippen molar-refractivity contribution < 1.29 is 22.1 Å². The smallest absolute Gasteiger partial charge is 0.339 e. The molecule has 0 aliphatic carbocycles. The Bertz CT molecular complexity index is 797. The molecular weight excluding hydrogens is 328 g/mol. The van der Waals surface area contributed by atoms with Crippen molar-refractivity contribution in [3.8, 4) is 5.75 Å². The number of hydrogen-bond donors (Lipinski definition) is 0. The minimum atomic E-state index is -3.99. The minimum Gasteiger partial charge on any atom is -0.465 e. The molecule has 0 N–H and O–H groups in total. The molecule has 0 aliphatic heterocycles. The zero-order chi connectivity index (χ0) is 16.3. The molecule has 0 unspecified atom stereocenters. The summed E-state index contributed by atoms with van der Waals surface area (Å²) in [5.41, 5.74) is 1.13. The van der Waals surface area contributed by atoms with E-state index in [2.05, 4.69) is 4.74 Å². The molecule has 0 spiro atoms. The van der Waals surface area contributed by atoms with Crippen molar-refractivity contribution in [1.29, 1.82) is 0 Å². The van der Waals surface area contributed by atoms with Gasteiger partial charge in [0.25, 0.3) is 0 Å². The van der Waals surface area contributed by atoms with Crippen LogP contribution in [0.2, 0.25) is 5.02 Å². The van der Waals surface area contributed by atoms with Gasteiger partial charge in [0.05, 0.1) is 17.7 Å². The van der Waals surface area contributed by atoms with Crippen molar-refractivity contribution in [3.63, 3.8) is 0 Å². The standard InChI is InChI=1S/C15H13ClO5S/c1-10-3-6-12(7-4-10)22(18,19)21-14-8-5-11(9-13(14)16)15(17)20-2/h3-9H,1-2H3.